The van der Waals surface area contributed by atoms with E-state index in [9.17, 15) is 0 Å². The van der Waals surface area contributed by atoms with E-state index in [0.29, 0.717) is 0 Å². The molecule has 2 aromatic carbocycles. The number of para-hydroxylation sites is 1. The summed E-state index contributed by atoms with van der Waals surface area (Å²) in [6.07, 6.45) is 19.9. The summed E-state index contributed by atoms with van der Waals surface area (Å²) in [5.41, 5.74) is 6.08. The molecule has 0 radical (unpaired) electrons. The summed E-state index contributed by atoms with van der Waals surface area (Å²) in [5.74, 6) is 0.853. The predicted molar refractivity (Wildman–Crippen MR) is 137 cm³/mol. The molecule has 0 saturated carbocycles. The van der Waals surface area contributed by atoms with Crippen molar-refractivity contribution in [3.05, 3.63) is 101 Å². The summed E-state index contributed by atoms with van der Waals surface area (Å²) in [4.78, 5) is 4.77. The van der Waals surface area contributed by atoms with E-state index in [-0.39, 0.29) is 0 Å². The number of halogens is 1. The molecule has 0 bridgehead atoms. The summed E-state index contributed by atoms with van der Waals surface area (Å²) in [5, 5.41) is 1.08. The summed E-state index contributed by atoms with van der Waals surface area (Å²) >= 11 is 3.75. The van der Waals surface area contributed by atoms with E-state index in [4.69, 9.17) is 9.40 Å². The summed E-state index contributed by atoms with van der Waals surface area (Å²) in [6.45, 7) is 4.01. The Bertz CT molecular complexity index is 1560. The average molecular weight is 484 g/mol. The zero-order chi connectivity index (χ0) is 22.1. The Labute approximate surface area is 194 Å². The van der Waals surface area contributed by atoms with Gasteiger partial charge >= 0.3 is 0 Å². The third-order valence-corrected chi connectivity index (χ3v) is 6.04. The molecule has 3 aromatic heterocycles. The molecule has 0 aliphatic rings. The molecule has 5 heteroatoms. The molecule has 0 spiro atoms. The van der Waals surface area contributed by atoms with Crippen molar-refractivity contribution >= 4 is 55.9 Å². The molecule has 0 atom stereocenters. The van der Waals surface area contributed by atoms with Gasteiger partial charge in [0.05, 0.1) is 34.9 Å². The molecular formula is C27H22BrN3O. The number of fused-ring (bicyclic) bond motifs is 4. The maximum absolute atomic E-state index is 5.89. The molecule has 4 nitrogen and oxygen atoms in total. The molecule has 0 aliphatic heterocycles. The molecule has 32 heavy (non-hydrogen) atoms. The van der Waals surface area contributed by atoms with Crippen LogP contribution in [-0.2, 0) is 0 Å². The van der Waals surface area contributed by atoms with Crippen LogP contribution in [-0.4, -0.2) is 14.0 Å². The van der Waals surface area contributed by atoms with E-state index in [1.54, 1.807) is 6.26 Å². The van der Waals surface area contributed by atoms with Gasteiger partial charge in [0.25, 0.3) is 0 Å². The number of imidazole rings is 2. The second-order valence-electron chi connectivity index (χ2n) is 7.40. The number of rotatable bonds is 5. The minimum Gasteiger partial charge on any atom is -0.464 e. The van der Waals surface area contributed by atoms with E-state index in [2.05, 4.69) is 67.4 Å². The van der Waals surface area contributed by atoms with Crippen LogP contribution in [0.1, 0.15) is 25.1 Å². The highest BCUT2D eigenvalue weighted by Crippen LogP contribution is 2.33. The van der Waals surface area contributed by atoms with E-state index < -0.39 is 0 Å². The molecule has 3 heterocycles. The lowest BCUT2D eigenvalue weighted by Gasteiger charge is -2.05. The van der Waals surface area contributed by atoms with Crippen LogP contribution in [0.25, 0.3) is 45.6 Å². The number of allylic oxidation sites excluding steroid dienone is 6. The van der Waals surface area contributed by atoms with Gasteiger partial charge in [-0.25, -0.2) is 4.98 Å². The van der Waals surface area contributed by atoms with E-state index in [1.807, 2.05) is 62.6 Å². The van der Waals surface area contributed by atoms with Gasteiger partial charge in [-0.15, -0.1) is 0 Å². The highest BCUT2D eigenvalue weighted by molar-refractivity contribution is 9.10. The Morgan fingerprint density at radius 2 is 1.78 bits per heavy atom. The van der Waals surface area contributed by atoms with Crippen LogP contribution in [0.5, 0.6) is 0 Å². The van der Waals surface area contributed by atoms with Crippen molar-refractivity contribution in [2.45, 2.75) is 13.8 Å². The van der Waals surface area contributed by atoms with Gasteiger partial charge < -0.3 is 4.42 Å². The third-order valence-electron chi connectivity index (χ3n) is 5.40. The first kappa shape index (κ1) is 20.3. The van der Waals surface area contributed by atoms with Crippen molar-refractivity contribution in [2.75, 3.05) is 0 Å². The Morgan fingerprint density at radius 1 is 0.969 bits per heavy atom. The normalized spacial score (nSPS) is 13.0. The van der Waals surface area contributed by atoms with Gasteiger partial charge in [0, 0.05) is 21.5 Å². The fourth-order valence-corrected chi connectivity index (χ4v) is 4.50. The van der Waals surface area contributed by atoms with Gasteiger partial charge in [-0.05, 0) is 60.1 Å². The minimum atomic E-state index is 0.845. The zero-order valence-electron chi connectivity index (χ0n) is 17.9. The average Bonchev–Trinajstić information content (AvgIpc) is 3.47. The standard InChI is InChI=1S/C27H22BrN3O/c1-3-5-7-10-19-18-32-25-16-20(14-15-22(19)25)30-24-13-9-12-23(28)26(24)31-21(11-8-6-4-2)17-29-27(30)31/h3-18H,1-2H3/b5-3-,6-4-,10-7-,11-8-. The lowest BCUT2D eigenvalue weighted by molar-refractivity contribution is 0.615. The lowest BCUT2D eigenvalue weighted by Crippen LogP contribution is -1.94. The second kappa shape index (κ2) is 8.52. The van der Waals surface area contributed by atoms with Gasteiger partial charge in [0.15, 0.2) is 0 Å². The van der Waals surface area contributed by atoms with Gasteiger partial charge in [0.2, 0.25) is 5.78 Å². The van der Waals surface area contributed by atoms with Crippen LogP contribution in [0.2, 0.25) is 0 Å². The van der Waals surface area contributed by atoms with Crippen LogP contribution in [0.15, 0.2) is 94.2 Å². The topological polar surface area (TPSA) is 35.4 Å². The van der Waals surface area contributed by atoms with E-state index >= 15 is 0 Å². The summed E-state index contributed by atoms with van der Waals surface area (Å²) in [7, 11) is 0. The maximum Gasteiger partial charge on any atom is 0.220 e. The molecule has 0 aliphatic carbocycles. The first-order valence-electron chi connectivity index (χ1n) is 10.5. The molecule has 0 amide bonds. The van der Waals surface area contributed by atoms with Crippen LogP contribution < -0.4 is 0 Å². The van der Waals surface area contributed by atoms with Crippen LogP contribution in [0.4, 0.5) is 0 Å². The largest absolute Gasteiger partial charge is 0.464 e. The lowest BCUT2D eigenvalue weighted by atomic mass is 10.1. The molecule has 5 aromatic rings. The Kier molecular flexibility index (Phi) is 5.41. The number of aromatic nitrogens is 3. The molecule has 0 N–H and O–H groups in total. The van der Waals surface area contributed by atoms with Crippen LogP contribution in [0, 0.1) is 0 Å². The Hall–Kier alpha value is -3.57. The number of nitrogens with zero attached hydrogens (tertiary/aromatic N) is 3. The molecule has 158 valence electrons. The number of benzene rings is 2. The fourth-order valence-electron chi connectivity index (χ4n) is 3.97. The fraction of sp³-hybridized carbons (Fsp3) is 0.0741. The number of hydrogen-bond donors (Lipinski definition) is 0. The SMILES string of the molecule is C/C=C\C=C/c1coc2cc(-n3c4cccc(Br)c4n4c(/C=C\C=C/C)cnc34)ccc12. The number of hydrogen-bond acceptors (Lipinski definition) is 2. The van der Waals surface area contributed by atoms with Crippen molar-refractivity contribution in [3.8, 4) is 5.69 Å². The highest BCUT2D eigenvalue weighted by atomic mass is 79.9. The zero-order valence-corrected chi connectivity index (χ0v) is 19.5. The molecule has 0 fully saturated rings. The quantitative estimate of drug-likeness (QED) is 0.237. The first-order chi connectivity index (χ1) is 15.7. The molecule has 5 rings (SSSR count). The summed E-state index contributed by atoms with van der Waals surface area (Å²) in [6, 6.07) is 12.5. The van der Waals surface area contributed by atoms with Crippen LogP contribution in [0.3, 0.4) is 0 Å². The minimum absolute atomic E-state index is 0.845. The van der Waals surface area contributed by atoms with Crippen molar-refractivity contribution in [2.24, 2.45) is 0 Å². The Morgan fingerprint density at radius 3 is 2.59 bits per heavy atom. The van der Waals surface area contributed by atoms with Crippen molar-refractivity contribution in [3.63, 3.8) is 0 Å². The monoisotopic (exact) mass is 483 g/mol. The van der Waals surface area contributed by atoms with Gasteiger partial charge in [-0.2, -0.15) is 0 Å². The van der Waals surface area contributed by atoms with E-state index in [0.717, 1.165) is 49.2 Å². The van der Waals surface area contributed by atoms with E-state index in [1.165, 1.54) is 0 Å². The molecule has 0 saturated heterocycles. The highest BCUT2D eigenvalue weighted by Gasteiger charge is 2.18. The number of furan rings is 1. The molecular weight excluding hydrogens is 462 g/mol. The summed E-state index contributed by atoms with van der Waals surface area (Å²) < 4.78 is 11.3. The van der Waals surface area contributed by atoms with Gasteiger partial charge in [0.1, 0.15) is 5.58 Å². The van der Waals surface area contributed by atoms with Crippen LogP contribution >= 0.6 is 15.9 Å². The Balaban J connectivity index is 1.73. The van der Waals surface area contributed by atoms with Crippen molar-refractivity contribution in [1.29, 1.82) is 0 Å². The molecule has 0 unspecified atom stereocenters. The van der Waals surface area contributed by atoms with Crippen molar-refractivity contribution < 1.29 is 4.42 Å². The van der Waals surface area contributed by atoms with Gasteiger partial charge in [-0.3, -0.25) is 8.97 Å². The van der Waals surface area contributed by atoms with Gasteiger partial charge in [-0.1, -0.05) is 48.6 Å². The smallest absolute Gasteiger partial charge is 0.220 e. The van der Waals surface area contributed by atoms with Crippen molar-refractivity contribution in [1.82, 2.24) is 14.0 Å². The third kappa shape index (κ3) is 3.35. The first-order valence-corrected chi connectivity index (χ1v) is 11.3. The predicted octanol–water partition coefficient (Wildman–Crippen LogP) is 7.97. The maximum atomic E-state index is 5.89. The second-order valence-corrected chi connectivity index (χ2v) is 8.26.